The van der Waals surface area contributed by atoms with Gasteiger partial charge < -0.3 is 4.89 Å². The SMILES string of the molecule is Cc1ccc(C)c(SP(=O)(O)Sc2cc(C)ccc2C)c1. The maximum Gasteiger partial charge on any atom is 0.320 e. The van der Waals surface area contributed by atoms with Gasteiger partial charge in [-0.2, -0.15) is 0 Å². The van der Waals surface area contributed by atoms with Gasteiger partial charge in [0.1, 0.15) is 0 Å². The lowest BCUT2D eigenvalue weighted by molar-refractivity contribution is 0.514. The fraction of sp³-hybridized carbons (Fsp3) is 0.250. The number of rotatable bonds is 4. The van der Waals surface area contributed by atoms with Crippen molar-refractivity contribution in [3.05, 3.63) is 58.7 Å². The van der Waals surface area contributed by atoms with Crippen molar-refractivity contribution >= 4 is 28.5 Å². The van der Waals surface area contributed by atoms with Crippen molar-refractivity contribution in [1.29, 1.82) is 0 Å². The molecule has 112 valence electrons. The smallest absolute Gasteiger partial charge is 0.320 e. The summed E-state index contributed by atoms with van der Waals surface area (Å²) in [4.78, 5) is 12.1. The van der Waals surface area contributed by atoms with Crippen LogP contribution in [0, 0.1) is 27.7 Å². The number of hydrogen-bond donors (Lipinski definition) is 1. The monoisotopic (exact) mass is 338 g/mol. The van der Waals surface area contributed by atoms with E-state index in [1.54, 1.807) is 0 Å². The molecule has 0 aliphatic heterocycles. The molecule has 0 saturated carbocycles. The van der Waals surface area contributed by atoms with Gasteiger partial charge in [-0.3, -0.25) is 4.57 Å². The topological polar surface area (TPSA) is 37.3 Å². The molecular formula is C16H19O2PS2. The third-order valence-corrected chi connectivity index (χ3v) is 8.76. The second-order valence-corrected chi connectivity index (χ2v) is 12.1. The molecule has 2 aromatic carbocycles. The maximum atomic E-state index is 12.6. The van der Waals surface area contributed by atoms with Gasteiger partial charge in [0.15, 0.2) is 0 Å². The normalized spacial score (nSPS) is 11.7. The number of benzene rings is 2. The molecule has 0 fully saturated rings. The minimum Gasteiger partial charge on any atom is -0.329 e. The Morgan fingerprint density at radius 3 is 1.57 bits per heavy atom. The van der Waals surface area contributed by atoms with Gasteiger partial charge in [-0.15, -0.1) is 0 Å². The standard InChI is InChI=1S/C16H19O2PS2/c1-11-5-7-13(3)15(9-11)20-19(17,18)21-16-10-12(2)6-8-14(16)4/h5-10H,1-4H3,(H,17,18). The fourth-order valence-corrected chi connectivity index (χ4v) is 7.88. The van der Waals surface area contributed by atoms with Crippen LogP contribution in [0.15, 0.2) is 46.2 Å². The highest BCUT2D eigenvalue weighted by molar-refractivity contribution is 8.89. The molecule has 0 bridgehead atoms. The van der Waals surface area contributed by atoms with Crippen LogP contribution in [0.25, 0.3) is 0 Å². The first-order chi connectivity index (χ1) is 9.77. The minimum atomic E-state index is -3.40. The molecule has 2 nitrogen and oxygen atoms in total. The molecule has 0 spiro atoms. The van der Waals surface area contributed by atoms with Crippen molar-refractivity contribution in [1.82, 2.24) is 0 Å². The maximum absolute atomic E-state index is 12.6. The highest BCUT2D eigenvalue weighted by Crippen LogP contribution is 2.71. The van der Waals surface area contributed by atoms with Gasteiger partial charge >= 0.3 is 5.77 Å². The molecule has 21 heavy (non-hydrogen) atoms. The van der Waals surface area contributed by atoms with Gasteiger partial charge in [-0.05, 0) is 84.8 Å². The minimum absolute atomic E-state index is 0.874. The lowest BCUT2D eigenvalue weighted by Crippen LogP contribution is -1.83. The average Bonchev–Trinajstić information content (AvgIpc) is 2.37. The molecule has 2 rings (SSSR count). The lowest BCUT2D eigenvalue weighted by atomic mass is 10.2. The predicted molar refractivity (Wildman–Crippen MR) is 93.4 cm³/mol. The van der Waals surface area contributed by atoms with Gasteiger partial charge in [0.05, 0.1) is 0 Å². The van der Waals surface area contributed by atoms with Crippen molar-refractivity contribution in [3.8, 4) is 0 Å². The molecule has 0 unspecified atom stereocenters. The van der Waals surface area contributed by atoms with Crippen molar-refractivity contribution in [2.75, 3.05) is 0 Å². The van der Waals surface area contributed by atoms with Crippen LogP contribution in [0.3, 0.4) is 0 Å². The first-order valence-electron chi connectivity index (χ1n) is 6.63. The van der Waals surface area contributed by atoms with E-state index in [9.17, 15) is 9.46 Å². The van der Waals surface area contributed by atoms with E-state index in [1.165, 1.54) is 0 Å². The zero-order chi connectivity index (χ0) is 15.6. The Hall–Kier alpha value is -0.670. The number of aryl methyl sites for hydroxylation is 4. The van der Waals surface area contributed by atoms with Crippen LogP contribution in [-0.2, 0) is 4.57 Å². The van der Waals surface area contributed by atoms with Crippen molar-refractivity contribution in [2.24, 2.45) is 0 Å². The summed E-state index contributed by atoms with van der Waals surface area (Å²) in [5.41, 5.74) is 4.25. The molecular weight excluding hydrogens is 319 g/mol. The summed E-state index contributed by atoms with van der Waals surface area (Å²) in [6.45, 7) is 7.90. The molecule has 0 amide bonds. The molecule has 5 heteroatoms. The van der Waals surface area contributed by atoms with E-state index in [2.05, 4.69) is 0 Å². The van der Waals surface area contributed by atoms with Crippen molar-refractivity contribution in [3.63, 3.8) is 0 Å². The highest BCUT2D eigenvalue weighted by Gasteiger charge is 2.24. The summed E-state index contributed by atoms with van der Waals surface area (Å²) in [6.07, 6.45) is 0. The Bertz CT molecular complexity index is 656. The van der Waals surface area contributed by atoms with E-state index in [-0.39, 0.29) is 0 Å². The van der Waals surface area contributed by atoms with Gasteiger partial charge in [0, 0.05) is 9.79 Å². The quantitative estimate of drug-likeness (QED) is 0.704. The molecule has 0 radical (unpaired) electrons. The Balaban J connectivity index is 2.24. The van der Waals surface area contributed by atoms with Crippen molar-refractivity contribution < 1.29 is 9.46 Å². The number of hydrogen-bond acceptors (Lipinski definition) is 3. The summed E-state index contributed by atoms with van der Waals surface area (Å²) < 4.78 is 12.6. The molecule has 1 N–H and O–H groups in total. The molecule has 0 heterocycles. The average molecular weight is 338 g/mol. The summed E-state index contributed by atoms with van der Waals surface area (Å²) in [5, 5.41) is 0. The van der Waals surface area contributed by atoms with E-state index >= 15 is 0 Å². The van der Waals surface area contributed by atoms with Gasteiger partial charge in [0.2, 0.25) is 0 Å². The van der Waals surface area contributed by atoms with Crippen LogP contribution in [0.4, 0.5) is 0 Å². The molecule has 0 atom stereocenters. The van der Waals surface area contributed by atoms with E-state index in [1.807, 2.05) is 64.1 Å². The van der Waals surface area contributed by atoms with Crippen LogP contribution in [0.5, 0.6) is 0 Å². The van der Waals surface area contributed by atoms with Crippen LogP contribution in [0.2, 0.25) is 0 Å². The summed E-state index contributed by atoms with van der Waals surface area (Å²) >= 11 is 2.14. The third kappa shape index (κ3) is 4.65. The third-order valence-electron chi connectivity index (χ3n) is 3.11. The molecule has 0 aliphatic carbocycles. The summed E-state index contributed by atoms with van der Waals surface area (Å²) in [6, 6.07) is 11.9. The largest absolute Gasteiger partial charge is 0.329 e. The summed E-state index contributed by atoms with van der Waals surface area (Å²) in [7, 11) is 0. The first-order valence-corrected chi connectivity index (χ1v) is 11.1. The molecule has 0 aromatic heterocycles. The van der Waals surface area contributed by atoms with E-state index < -0.39 is 5.77 Å². The van der Waals surface area contributed by atoms with Crippen molar-refractivity contribution in [2.45, 2.75) is 37.5 Å². The second kappa shape index (κ2) is 6.62. The van der Waals surface area contributed by atoms with Gasteiger partial charge in [-0.1, -0.05) is 24.3 Å². The predicted octanol–water partition coefficient (Wildman–Crippen LogP) is 5.91. The Morgan fingerprint density at radius 1 is 0.810 bits per heavy atom. The zero-order valence-electron chi connectivity index (χ0n) is 12.6. The Morgan fingerprint density at radius 2 is 1.19 bits per heavy atom. The Labute approximate surface area is 134 Å². The molecule has 0 saturated heterocycles. The fourth-order valence-electron chi connectivity index (χ4n) is 1.88. The zero-order valence-corrected chi connectivity index (χ0v) is 15.1. The second-order valence-electron chi connectivity index (χ2n) is 5.19. The molecule has 2 aromatic rings. The molecule has 0 aliphatic rings. The van der Waals surface area contributed by atoms with Crippen LogP contribution in [0.1, 0.15) is 22.3 Å². The van der Waals surface area contributed by atoms with E-state index in [0.29, 0.717) is 0 Å². The van der Waals surface area contributed by atoms with E-state index in [4.69, 9.17) is 0 Å². The lowest BCUT2D eigenvalue weighted by Gasteiger charge is -2.14. The van der Waals surface area contributed by atoms with Crippen LogP contribution in [-0.4, -0.2) is 4.89 Å². The van der Waals surface area contributed by atoms with Crippen LogP contribution < -0.4 is 0 Å². The van der Waals surface area contributed by atoms with Gasteiger partial charge in [0.25, 0.3) is 0 Å². The van der Waals surface area contributed by atoms with E-state index in [0.717, 1.165) is 54.8 Å². The Kier molecular flexibility index (Phi) is 5.26. The van der Waals surface area contributed by atoms with Gasteiger partial charge in [-0.25, -0.2) is 0 Å². The first kappa shape index (κ1) is 16.7. The van der Waals surface area contributed by atoms with Crippen LogP contribution >= 0.6 is 28.5 Å². The highest BCUT2D eigenvalue weighted by atomic mass is 33.1. The summed E-state index contributed by atoms with van der Waals surface area (Å²) in [5.74, 6) is -3.40.